The maximum atomic E-state index is 13.0. The number of carbonyl (C=O) groups excluding carboxylic acids is 2. The first-order chi connectivity index (χ1) is 13.5. The molecule has 0 unspecified atom stereocenters. The summed E-state index contributed by atoms with van der Waals surface area (Å²) in [6.07, 6.45) is 0.0458. The van der Waals surface area contributed by atoms with Gasteiger partial charge in [-0.25, -0.2) is 4.79 Å². The molecule has 2 aromatic carbocycles. The molecule has 0 bridgehead atoms. The normalized spacial score (nSPS) is 10.8. The van der Waals surface area contributed by atoms with Crippen LogP contribution in [0.4, 0.5) is 0 Å². The van der Waals surface area contributed by atoms with Crippen molar-refractivity contribution in [1.29, 1.82) is 0 Å². The highest BCUT2D eigenvalue weighted by Gasteiger charge is 2.17. The van der Waals surface area contributed by atoms with Crippen molar-refractivity contribution in [3.05, 3.63) is 52.2 Å². The molecule has 0 spiro atoms. The molecule has 0 atom stereocenters. The Balaban J connectivity index is 2.09. The molecule has 3 rings (SSSR count). The SMILES string of the molecule is CCOC(=O)CCOc1cc(C(=O)OCC)cc2sc3ccccc3c(=O)c12. The minimum absolute atomic E-state index is 0.0388. The second-order valence-corrected chi connectivity index (χ2v) is 6.98. The fraction of sp³-hybridized carbons (Fsp3) is 0.286. The number of hydrogen-bond donors (Lipinski definition) is 0. The zero-order valence-electron chi connectivity index (χ0n) is 15.7. The maximum absolute atomic E-state index is 13.0. The van der Waals surface area contributed by atoms with E-state index >= 15 is 0 Å². The van der Waals surface area contributed by atoms with Gasteiger partial charge in [-0.15, -0.1) is 11.3 Å². The van der Waals surface area contributed by atoms with Gasteiger partial charge in [0.05, 0.1) is 37.2 Å². The van der Waals surface area contributed by atoms with Gasteiger partial charge in [0.25, 0.3) is 0 Å². The van der Waals surface area contributed by atoms with Crippen LogP contribution in [0.2, 0.25) is 0 Å². The molecular formula is C21H20O6S. The van der Waals surface area contributed by atoms with Crippen LogP contribution >= 0.6 is 11.3 Å². The minimum atomic E-state index is -0.493. The van der Waals surface area contributed by atoms with Crippen molar-refractivity contribution in [1.82, 2.24) is 0 Å². The van der Waals surface area contributed by atoms with E-state index in [1.54, 1.807) is 32.0 Å². The molecule has 6 nitrogen and oxygen atoms in total. The molecule has 28 heavy (non-hydrogen) atoms. The molecule has 7 heteroatoms. The third-order valence-electron chi connectivity index (χ3n) is 4.02. The van der Waals surface area contributed by atoms with Crippen LogP contribution < -0.4 is 10.2 Å². The van der Waals surface area contributed by atoms with Crippen LogP contribution in [0.25, 0.3) is 20.2 Å². The summed E-state index contributed by atoms with van der Waals surface area (Å²) in [5.41, 5.74) is 0.123. The first-order valence-electron chi connectivity index (χ1n) is 9.00. The third-order valence-corrected chi connectivity index (χ3v) is 5.14. The molecule has 0 radical (unpaired) electrons. The minimum Gasteiger partial charge on any atom is -0.492 e. The summed E-state index contributed by atoms with van der Waals surface area (Å²) in [6.45, 7) is 4.02. The Hall–Kier alpha value is -2.93. The standard InChI is InChI=1S/C21H20O6S/c1-3-25-18(22)9-10-27-15-11-13(21(24)26-4-2)12-17-19(15)20(23)14-7-5-6-8-16(14)28-17/h5-8,11-12H,3-4,9-10H2,1-2H3. The average molecular weight is 400 g/mol. The van der Waals surface area contributed by atoms with Gasteiger partial charge in [-0.2, -0.15) is 0 Å². The van der Waals surface area contributed by atoms with Gasteiger partial charge in [-0.1, -0.05) is 12.1 Å². The van der Waals surface area contributed by atoms with Crippen LogP contribution in [-0.2, 0) is 14.3 Å². The lowest BCUT2D eigenvalue weighted by molar-refractivity contribution is -0.143. The first-order valence-corrected chi connectivity index (χ1v) is 9.82. The molecule has 3 aromatic rings. The molecule has 0 amide bonds. The van der Waals surface area contributed by atoms with Crippen molar-refractivity contribution < 1.29 is 23.8 Å². The molecule has 0 saturated heterocycles. The number of carbonyl (C=O) groups is 2. The first kappa shape index (κ1) is 19.8. The number of ether oxygens (including phenoxy) is 3. The fourth-order valence-electron chi connectivity index (χ4n) is 2.81. The van der Waals surface area contributed by atoms with Crippen molar-refractivity contribution in [3.8, 4) is 5.75 Å². The predicted octanol–water partition coefficient (Wildman–Crippen LogP) is 3.92. The van der Waals surface area contributed by atoms with Crippen LogP contribution in [0.5, 0.6) is 5.75 Å². The number of hydrogen-bond acceptors (Lipinski definition) is 7. The summed E-state index contributed by atoms with van der Waals surface area (Å²) in [6, 6.07) is 10.4. The Labute approximate surface area is 165 Å². The molecule has 0 N–H and O–H groups in total. The number of benzene rings is 2. The zero-order chi connectivity index (χ0) is 20.1. The highest BCUT2D eigenvalue weighted by molar-refractivity contribution is 7.24. The molecule has 0 aliphatic carbocycles. The van der Waals surface area contributed by atoms with Crippen LogP contribution in [0.1, 0.15) is 30.6 Å². The lowest BCUT2D eigenvalue weighted by Gasteiger charge is -2.12. The summed E-state index contributed by atoms with van der Waals surface area (Å²) in [7, 11) is 0. The average Bonchev–Trinajstić information content (AvgIpc) is 2.68. The largest absolute Gasteiger partial charge is 0.492 e. The van der Waals surface area contributed by atoms with Crippen LogP contribution in [0.15, 0.2) is 41.2 Å². The highest BCUT2D eigenvalue weighted by Crippen LogP contribution is 2.32. The van der Waals surface area contributed by atoms with Gasteiger partial charge in [-0.05, 0) is 38.1 Å². The van der Waals surface area contributed by atoms with Gasteiger partial charge < -0.3 is 14.2 Å². The second-order valence-electron chi connectivity index (χ2n) is 5.90. The summed E-state index contributed by atoms with van der Waals surface area (Å²) < 4.78 is 17.1. The number of rotatable bonds is 7. The lowest BCUT2D eigenvalue weighted by atomic mass is 10.1. The molecule has 1 heterocycles. The number of esters is 2. The molecule has 0 aliphatic rings. The third kappa shape index (κ3) is 4.14. The Morgan fingerprint density at radius 3 is 2.50 bits per heavy atom. The van der Waals surface area contributed by atoms with Crippen molar-refractivity contribution in [2.45, 2.75) is 20.3 Å². The van der Waals surface area contributed by atoms with E-state index in [1.165, 1.54) is 17.4 Å². The van der Waals surface area contributed by atoms with Crippen LogP contribution in [0.3, 0.4) is 0 Å². The molecule has 0 aliphatic heterocycles. The second kappa shape index (κ2) is 8.84. The van der Waals surface area contributed by atoms with E-state index in [1.807, 2.05) is 12.1 Å². The van der Waals surface area contributed by atoms with Crippen LogP contribution in [0, 0.1) is 0 Å². The smallest absolute Gasteiger partial charge is 0.338 e. The number of fused-ring (bicyclic) bond motifs is 2. The lowest BCUT2D eigenvalue weighted by Crippen LogP contribution is -2.12. The molecule has 0 fully saturated rings. The highest BCUT2D eigenvalue weighted by atomic mass is 32.1. The van der Waals surface area contributed by atoms with E-state index < -0.39 is 5.97 Å². The fourth-order valence-corrected chi connectivity index (χ4v) is 3.95. The summed E-state index contributed by atoms with van der Waals surface area (Å²) in [5.74, 6) is -0.617. The molecule has 0 saturated carbocycles. The van der Waals surface area contributed by atoms with E-state index in [4.69, 9.17) is 14.2 Å². The molecule has 1 aromatic heterocycles. The van der Waals surface area contributed by atoms with E-state index in [-0.39, 0.29) is 36.8 Å². The van der Waals surface area contributed by atoms with Gasteiger partial charge >= 0.3 is 11.9 Å². The van der Waals surface area contributed by atoms with Crippen molar-refractivity contribution in [2.24, 2.45) is 0 Å². The van der Waals surface area contributed by atoms with Gasteiger partial charge in [0.15, 0.2) is 5.43 Å². The van der Waals surface area contributed by atoms with Gasteiger partial charge in [0, 0.05) is 14.8 Å². The Morgan fingerprint density at radius 2 is 1.75 bits per heavy atom. The van der Waals surface area contributed by atoms with Gasteiger partial charge in [0.2, 0.25) is 0 Å². The zero-order valence-corrected chi connectivity index (χ0v) is 16.5. The van der Waals surface area contributed by atoms with E-state index in [0.29, 0.717) is 27.6 Å². The van der Waals surface area contributed by atoms with Crippen LogP contribution in [-0.4, -0.2) is 31.8 Å². The van der Waals surface area contributed by atoms with E-state index in [0.717, 1.165) is 4.70 Å². The monoisotopic (exact) mass is 400 g/mol. The summed E-state index contributed by atoms with van der Waals surface area (Å²) in [4.78, 5) is 36.8. The summed E-state index contributed by atoms with van der Waals surface area (Å²) >= 11 is 1.40. The maximum Gasteiger partial charge on any atom is 0.338 e. The topological polar surface area (TPSA) is 78.9 Å². The van der Waals surface area contributed by atoms with E-state index in [9.17, 15) is 14.4 Å². The molecular weight excluding hydrogens is 380 g/mol. The van der Waals surface area contributed by atoms with Gasteiger partial charge in [-0.3, -0.25) is 9.59 Å². The Morgan fingerprint density at radius 1 is 1.00 bits per heavy atom. The van der Waals surface area contributed by atoms with Crippen molar-refractivity contribution in [2.75, 3.05) is 19.8 Å². The van der Waals surface area contributed by atoms with Gasteiger partial charge in [0.1, 0.15) is 5.75 Å². The Kier molecular flexibility index (Phi) is 6.26. The Bertz CT molecular complexity index is 1090. The summed E-state index contributed by atoms with van der Waals surface area (Å²) in [5, 5.41) is 0.972. The quantitative estimate of drug-likeness (QED) is 0.442. The van der Waals surface area contributed by atoms with Crippen molar-refractivity contribution >= 4 is 43.4 Å². The molecule has 146 valence electrons. The predicted molar refractivity (Wildman–Crippen MR) is 108 cm³/mol. The van der Waals surface area contributed by atoms with Crippen molar-refractivity contribution in [3.63, 3.8) is 0 Å². The van der Waals surface area contributed by atoms with E-state index in [2.05, 4.69) is 0 Å².